The third-order valence-corrected chi connectivity index (χ3v) is 3.78. The fourth-order valence-corrected chi connectivity index (χ4v) is 2.51. The second-order valence-corrected chi connectivity index (χ2v) is 5.66. The minimum Gasteiger partial charge on any atom is -0.388 e. The third kappa shape index (κ3) is 3.80. The van der Waals surface area contributed by atoms with Crippen LogP contribution in [-0.4, -0.2) is 27.9 Å². The summed E-state index contributed by atoms with van der Waals surface area (Å²) in [5.41, 5.74) is 4.72. The number of aryl methyl sites for hydroxylation is 1. The number of pyridine rings is 1. The van der Waals surface area contributed by atoms with Crippen molar-refractivity contribution in [1.29, 1.82) is 0 Å². The molecule has 0 aliphatic rings. The molecular weight excluding hydrogens is 314 g/mol. The van der Waals surface area contributed by atoms with Crippen molar-refractivity contribution in [2.24, 2.45) is 0 Å². The van der Waals surface area contributed by atoms with Crippen molar-refractivity contribution in [3.05, 3.63) is 54.4 Å². The van der Waals surface area contributed by atoms with Gasteiger partial charge in [-0.3, -0.25) is 4.79 Å². The van der Waals surface area contributed by atoms with Gasteiger partial charge in [-0.2, -0.15) is 0 Å². The zero-order valence-corrected chi connectivity index (χ0v) is 14.4. The van der Waals surface area contributed by atoms with Gasteiger partial charge in [-0.05, 0) is 42.8 Å². The van der Waals surface area contributed by atoms with E-state index in [1.54, 1.807) is 18.5 Å². The SMILES string of the molecule is CNc1ccc(C)c(-c2nccc(-c3ccnc(NC(C)=O)c3)n2)c1. The topological polar surface area (TPSA) is 79.8 Å². The molecule has 0 spiro atoms. The fourth-order valence-electron chi connectivity index (χ4n) is 2.51. The molecule has 6 heteroatoms. The number of carbonyl (C=O) groups excluding carboxylic acids is 1. The summed E-state index contributed by atoms with van der Waals surface area (Å²) in [5, 5.41) is 5.82. The van der Waals surface area contributed by atoms with Crippen LogP contribution in [0.25, 0.3) is 22.6 Å². The van der Waals surface area contributed by atoms with Crippen LogP contribution >= 0.6 is 0 Å². The molecule has 0 saturated heterocycles. The highest BCUT2D eigenvalue weighted by Gasteiger charge is 2.09. The van der Waals surface area contributed by atoms with Crippen molar-refractivity contribution >= 4 is 17.4 Å². The van der Waals surface area contributed by atoms with E-state index >= 15 is 0 Å². The van der Waals surface area contributed by atoms with E-state index < -0.39 is 0 Å². The molecule has 0 aliphatic heterocycles. The molecule has 0 radical (unpaired) electrons. The number of nitrogens with zero attached hydrogens (tertiary/aromatic N) is 3. The van der Waals surface area contributed by atoms with E-state index in [2.05, 4.69) is 20.6 Å². The highest BCUT2D eigenvalue weighted by Crippen LogP contribution is 2.26. The molecule has 0 unspecified atom stereocenters. The van der Waals surface area contributed by atoms with Gasteiger partial charge in [-0.25, -0.2) is 15.0 Å². The van der Waals surface area contributed by atoms with Crippen LogP contribution in [0.1, 0.15) is 12.5 Å². The maximum atomic E-state index is 11.2. The Bertz CT molecular complexity index is 923. The van der Waals surface area contributed by atoms with E-state index in [0.717, 1.165) is 28.1 Å². The Labute approximate surface area is 146 Å². The normalized spacial score (nSPS) is 10.4. The number of hydrogen-bond acceptors (Lipinski definition) is 5. The lowest BCUT2D eigenvalue weighted by Crippen LogP contribution is -2.07. The van der Waals surface area contributed by atoms with Crippen LogP contribution < -0.4 is 10.6 Å². The lowest BCUT2D eigenvalue weighted by atomic mass is 10.1. The summed E-state index contributed by atoms with van der Waals surface area (Å²) in [6.07, 6.45) is 3.39. The van der Waals surface area contributed by atoms with Gasteiger partial charge in [0.25, 0.3) is 0 Å². The molecular formula is C19H19N5O. The Morgan fingerprint density at radius 3 is 2.60 bits per heavy atom. The lowest BCUT2D eigenvalue weighted by molar-refractivity contribution is -0.114. The van der Waals surface area contributed by atoms with Crippen LogP contribution in [0.4, 0.5) is 11.5 Å². The Hall–Kier alpha value is -3.28. The summed E-state index contributed by atoms with van der Waals surface area (Å²) in [6, 6.07) is 11.6. The van der Waals surface area contributed by atoms with Crippen LogP contribution in [-0.2, 0) is 4.79 Å². The van der Waals surface area contributed by atoms with Gasteiger partial charge in [0.2, 0.25) is 5.91 Å². The number of amides is 1. The number of anilines is 2. The zero-order valence-electron chi connectivity index (χ0n) is 14.4. The van der Waals surface area contributed by atoms with Gasteiger partial charge in [-0.15, -0.1) is 0 Å². The first-order valence-corrected chi connectivity index (χ1v) is 7.92. The second-order valence-electron chi connectivity index (χ2n) is 5.66. The van der Waals surface area contributed by atoms with E-state index in [4.69, 9.17) is 4.98 Å². The smallest absolute Gasteiger partial charge is 0.222 e. The maximum Gasteiger partial charge on any atom is 0.222 e. The summed E-state index contributed by atoms with van der Waals surface area (Å²) in [7, 11) is 1.88. The van der Waals surface area contributed by atoms with Crippen molar-refractivity contribution in [2.75, 3.05) is 17.7 Å². The summed E-state index contributed by atoms with van der Waals surface area (Å²) in [4.78, 5) is 24.5. The number of nitrogens with one attached hydrogen (secondary N) is 2. The molecule has 0 saturated carbocycles. The van der Waals surface area contributed by atoms with Gasteiger partial charge >= 0.3 is 0 Å². The Morgan fingerprint density at radius 1 is 1.04 bits per heavy atom. The number of rotatable bonds is 4. The van der Waals surface area contributed by atoms with Crippen molar-refractivity contribution in [1.82, 2.24) is 15.0 Å². The fraction of sp³-hybridized carbons (Fsp3) is 0.158. The van der Waals surface area contributed by atoms with E-state index in [-0.39, 0.29) is 5.91 Å². The first-order valence-electron chi connectivity index (χ1n) is 7.92. The predicted molar refractivity (Wildman–Crippen MR) is 99.3 cm³/mol. The lowest BCUT2D eigenvalue weighted by Gasteiger charge is -2.09. The average Bonchev–Trinajstić information content (AvgIpc) is 2.62. The zero-order chi connectivity index (χ0) is 17.8. The van der Waals surface area contributed by atoms with Crippen molar-refractivity contribution < 1.29 is 4.79 Å². The number of aromatic nitrogens is 3. The molecule has 0 aliphatic carbocycles. The molecule has 25 heavy (non-hydrogen) atoms. The molecule has 3 rings (SSSR count). The summed E-state index contributed by atoms with van der Waals surface area (Å²) >= 11 is 0. The summed E-state index contributed by atoms with van der Waals surface area (Å²) < 4.78 is 0. The largest absolute Gasteiger partial charge is 0.388 e. The molecule has 1 aromatic carbocycles. The molecule has 2 aromatic heterocycles. The van der Waals surface area contributed by atoms with Crippen molar-refractivity contribution in [3.8, 4) is 22.6 Å². The first kappa shape index (κ1) is 16.6. The second kappa shape index (κ2) is 7.09. The maximum absolute atomic E-state index is 11.2. The minimum atomic E-state index is -0.160. The van der Waals surface area contributed by atoms with Gasteiger partial charge in [0, 0.05) is 43.2 Å². The average molecular weight is 333 g/mol. The van der Waals surface area contributed by atoms with Gasteiger partial charge in [0.1, 0.15) is 5.82 Å². The molecule has 0 bridgehead atoms. The van der Waals surface area contributed by atoms with Crippen LogP contribution in [0.5, 0.6) is 0 Å². The first-order chi connectivity index (χ1) is 12.1. The van der Waals surface area contributed by atoms with Gasteiger partial charge in [0.05, 0.1) is 5.69 Å². The molecule has 6 nitrogen and oxygen atoms in total. The van der Waals surface area contributed by atoms with Crippen molar-refractivity contribution in [3.63, 3.8) is 0 Å². The van der Waals surface area contributed by atoms with E-state index in [9.17, 15) is 4.79 Å². The summed E-state index contributed by atoms with van der Waals surface area (Å²) in [5.74, 6) is 0.996. The van der Waals surface area contributed by atoms with E-state index in [1.165, 1.54) is 6.92 Å². The molecule has 3 aromatic rings. The van der Waals surface area contributed by atoms with Crippen LogP contribution in [0.3, 0.4) is 0 Å². The number of carbonyl (C=O) groups is 1. The Morgan fingerprint density at radius 2 is 1.84 bits per heavy atom. The molecule has 2 N–H and O–H groups in total. The third-order valence-electron chi connectivity index (χ3n) is 3.78. The number of hydrogen-bond donors (Lipinski definition) is 2. The van der Waals surface area contributed by atoms with Gasteiger partial charge < -0.3 is 10.6 Å². The minimum absolute atomic E-state index is 0.160. The molecule has 126 valence electrons. The molecule has 0 fully saturated rings. The van der Waals surface area contributed by atoms with Gasteiger partial charge in [-0.1, -0.05) is 6.07 Å². The predicted octanol–water partition coefficient (Wildman–Crippen LogP) is 3.51. The molecule has 2 heterocycles. The quantitative estimate of drug-likeness (QED) is 0.764. The monoisotopic (exact) mass is 333 g/mol. The Balaban J connectivity index is 2.01. The van der Waals surface area contributed by atoms with E-state index in [1.807, 2.05) is 44.3 Å². The Kier molecular flexibility index (Phi) is 4.70. The van der Waals surface area contributed by atoms with Crippen LogP contribution in [0.2, 0.25) is 0 Å². The number of benzene rings is 1. The summed E-state index contributed by atoms with van der Waals surface area (Å²) in [6.45, 7) is 3.49. The highest BCUT2D eigenvalue weighted by molar-refractivity contribution is 5.88. The molecule has 1 amide bonds. The standard InChI is InChI=1S/C19H19N5O/c1-12-4-5-15(20-3)11-16(12)19-22-9-7-17(24-19)14-6-8-21-18(10-14)23-13(2)25/h4-11,20H,1-3H3,(H,21,23,25). The van der Waals surface area contributed by atoms with Crippen molar-refractivity contribution in [2.45, 2.75) is 13.8 Å². The van der Waals surface area contributed by atoms with Crippen LogP contribution in [0.15, 0.2) is 48.8 Å². The molecule has 0 atom stereocenters. The van der Waals surface area contributed by atoms with E-state index in [0.29, 0.717) is 11.6 Å². The highest BCUT2D eigenvalue weighted by atomic mass is 16.1. The van der Waals surface area contributed by atoms with Gasteiger partial charge in [0.15, 0.2) is 5.82 Å². The van der Waals surface area contributed by atoms with Crippen LogP contribution in [0, 0.1) is 6.92 Å².